The second-order valence-electron chi connectivity index (χ2n) is 6.51. The molecule has 0 spiro atoms. The Morgan fingerprint density at radius 3 is 2.70 bits per heavy atom. The Morgan fingerprint density at radius 1 is 1.25 bits per heavy atom. The fourth-order valence-electron chi connectivity index (χ4n) is 2.63. The number of nitrogens with one attached hydrogen (secondary N) is 1. The average molecular weight is 275 g/mol. The van der Waals surface area contributed by atoms with Gasteiger partial charge in [0.25, 0.3) is 0 Å². The summed E-state index contributed by atoms with van der Waals surface area (Å²) in [6.45, 7) is 6.27. The number of rotatable bonds is 2. The molecule has 1 aliphatic carbocycles. The van der Waals surface area contributed by atoms with Crippen LogP contribution in [0.5, 0.6) is 0 Å². The Hall–Kier alpha value is -1.69. The van der Waals surface area contributed by atoms with E-state index < -0.39 is 0 Å². The van der Waals surface area contributed by atoms with Crippen LogP contribution >= 0.6 is 0 Å². The lowest BCUT2D eigenvalue weighted by Gasteiger charge is -2.18. The van der Waals surface area contributed by atoms with Gasteiger partial charge >= 0.3 is 0 Å². The Balaban J connectivity index is 1.93. The van der Waals surface area contributed by atoms with Crippen molar-refractivity contribution in [1.29, 1.82) is 0 Å². The van der Waals surface area contributed by atoms with E-state index >= 15 is 0 Å². The standard InChI is InChI=1S/C14H21N5O/c1-14(2,3)13-17-16-12-8-7-11(18-19(12)13)15-9-5-4-6-10(9)20/h7-10,20H,4-6H2,1-3H3,(H,15,18). The van der Waals surface area contributed by atoms with E-state index in [-0.39, 0.29) is 17.6 Å². The van der Waals surface area contributed by atoms with Crippen molar-refractivity contribution in [1.82, 2.24) is 19.8 Å². The number of anilines is 1. The molecule has 1 fully saturated rings. The molecule has 0 radical (unpaired) electrons. The lowest BCUT2D eigenvalue weighted by molar-refractivity contribution is 0.171. The molecule has 1 aliphatic rings. The second kappa shape index (κ2) is 4.70. The smallest absolute Gasteiger partial charge is 0.178 e. The zero-order valence-electron chi connectivity index (χ0n) is 12.2. The maximum absolute atomic E-state index is 9.89. The third-order valence-corrected chi connectivity index (χ3v) is 3.75. The fraction of sp³-hybridized carbons (Fsp3) is 0.643. The Kier molecular flexibility index (Phi) is 3.12. The van der Waals surface area contributed by atoms with Crippen LogP contribution in [0, 0.1) is 0 Å². The molecule has 0 saturated heterocycles. The van der Waals surface area contributed by atoms with Crippen molar-refractivity contribution in [2.24, 2.45) is 0 Å². The highest BCUT2D eigenvalue weighted by molar-refractivity contribution is 5.45. The van der Waals surface area contributed by atoms with Gasteiger partial charge in [0.15, 0.2) is 11.5 Å². The third kappa shape index (κ3) is 2.35. The first-order valence-corrected chi connectivity index (χ1v) is 7.13. The van der Waals surface area contributed by atoms with E-state index in [0.29, 0.717) is 0 Å². The summed E-state index contributed by atoms with van der Waals surface area (Å²) in [7, 11) is 0. The highest BCUT2D eigenvalue weighted by Crippen LogP contribution is 2.24. The van der Waals surface area contributed by atoms with Gasteiger partial charge in [0.05, 0.1) is 12.1 Å². The van der Waals surface area contributed by atoms with Gasteiger partial charge in [-0.3, -0.25) is 0 Å². The molecule has 0 amide bonds. The first-order chi connectivity index (χ1) is 9.45. The van der Waals surface area contributed by atoms with Gasteiger partial charge in [-0.2, -0.15) is 4.52 Å². The van der Waals surface area contributed by atoms with Crippen molar-refractivity contribution in [3.8, 4) is 0 Å². The molecule has 0 aromatic carbocycles. The van der Waals surface area contributed by atoms with Crippen molar-refractivity contribution in [3.63, 3.8) is 0 Å². The molecule has 108 valence electrons. The number of fused-ring (bicyclic) bond motifs is 1. The minimum Gasteiger partial charge on any atom is -0.391 e. The predicted octanol–water partition coefficient (Wildman–Crippen LogP) is 1.75. The van der Waals surface area contributed by atoms with E-state index in [4.69, 9.17) is 0 Å². The molecule has 2 unspecified atom stereocenters. The van der Waals surface area contributed by atoms with Gasteiger partial charge in [-0.15, -0.1) is 15.3 Å². The fourth-order valence-corrected chi connectivity index (χ4v) is 2.63. The van der Waals surface area contributed by atoms with Crippen LogP contribution in [0.1, 0.15) is 45.9 Å². The van der Waals surface area contributed by atoms with Gasteiger partial charge < -0.3 is 10.4 Å². The Morgan fingerprint density at radius 2 is 2.05 bits per heavy atom. The summed E-state index contributed by atoms with van der Waals surface area (Å²) >= 11 is 0. The number of nitrogens with zero attached hydrogens (tertiary/aromatic N) is 4. The SMILES string of the molecule is CC(C)(C)c1nnc2ccc(NC3CCCC3O)nn12. The molecule has 0 aliphatic heterocycles. The zero-order valence-corrected chi connectivity index (χ0v) is 12.2. The van der Waals surface area contributed by atoms with Gasteiger partial charge in [-0.25, -0.2) is 0 Å². The summed E-state index contributed by atoms with van der Waals surface area (Å²) < 4.78 is 1.78. The Bertz CT molecular complexity index is 616. The van der Waals surface area contributed by atoms with Crippen LogP contribution in [0.2, 0.25) is 0 Å². The second-order valence-corrected chi connectivity index (χ2v) is 6.51. The van der Waals surface area contributed by atoms with Crippen molar-refractivity contribution in [2.75, 3.05) is 5.32 Å². The van der Waals surface area contributed by atoms with E-state index in [2.05, 4.69) is 41.4 Å². The predicted molar refractivity (Wildman–Crippen MR) is 76.8 cm³/mol. The molecule has 1 saturated carbocycles. The molecule has 2 aromatic rings. The van der Waals surface area contributed by atoms with Gasteiger partial charge in [0.2, 0.25) is 0 Å². The normalized spacial score (nSPS) is 23.4. The summed E-state index contributed by atoms with van der Waals surface area (Å²) in [5.74, 6) is 1.59. The molecule has 0 bridgehead atoms. The molecule has 2 heterocycles. The molecule has 2 atom stereocenters. The number of aromatic nitrogens is 4. The number of hydrogen-bond acceptors (Lipinski definition) is 5. The first-order valence-electron chi connectivity index (χ1n) is 7.13. The maximum Gasteiger partial charge on any atom is 0.178 e. The minimum absolute atomic E-state index is 0.0921. The molecule has 2 aromatic heterocycles. The minimum atomic E-state index is -0.282. The summed E-state index contributed by atoms with van der Waals surface area (Å²) in [6.07, 6.45) is 2.62. The van der Waals surface area contributed by atoms with E-state index in [1.165, 1.54) is 0 Å². The summed E-state index contributed by atoms with van der Waals surface area (Å²) in [5, 5.41) is 26.1. The quantitative estimate of drug-likeness (QED) is 0.873. The van der Waals surface area contributed by atoms with Crippen LogP contribution in [-0.2, 0) is 5.41 Å². The average Bonchev–Trinajstić information content (AvgIpc) is 2.95. The van der Waals surface area contributed by atoms with E-state index in [1.54, 1.807) is 4.52 Å². The van der Waals surface area contributed by atoms with Crippen LogP contribution in [0.3, 0.4) is 0 Å². The van der Waals surface area contributed by atoms with Gasteiger partial charge in [0, 0.05) is 5.41 Å². The molecule has 3 rings (SSSR count). The van der Waals surface area contributed by atoms with Crippen molar-refractivity contribution in [3.05, 3.63) is 18.0 Å². The summed E-state index contributed by atoms with van der Waals surface area (Å²) in [5.41, 5.74) is 0.630. The molecular weight excluding hydrogens is 254 g/mol. The van der Waals surface area contributed by atoms with Crippen LogP contribution in [-0.4, -0.2) is 37.1 Å². The number of aliphatic hydroxyl groups is 1. The lowest BCUT2D eigenvalue weighted by atomic mass is 9.96. The van der Waals surface area contributed by atoms with E-state index in [1.807, 2.05) is 12.1 Å². The molecular formula is C14H21N5O. The Labute approximate surface area is 118 Å². The highest BCUT2D eigenvalue weighted by atomic mass is 16.3. The van der Waals surface area contributed by atoms with Gasteiger partial charge in [-0.05, 0) is 31.4 Å². The molecule has 2 N–H and O–H groups in total. The van der Waals surface area contributed by atoms with Crippen LogP contribution in [0.4, 0.5) is 5.82 Å². The van der Waals surface area contributed by atoms with Crippen LogP contribution in [0.25, 0.3) is 5.65 Å². The molecule has 20 heavy (non-hydrogen) atoms. The highest BCUT2D eigenvalue weighted by Gasteiger charge is 2.26. The van der Waals surface area contributed by atoms with Gasteiger partial charge in [-0.1, -0.05) is 20.8 Å². The van der Waals surface area contributed by atoms with Crippen LogP contribution in [0.15, 0.2) is 12.1 Å². The molecule has 6 heteroatoms. The first kappa shape index (κ1) is 13.3. The van der Waals surface area contributed by atoms with Crippen molar-refractivity contribution >= 4 is 11.5 Å². The van der Waals surface area contributed by atoms with E-state index in [9.17, 15) is 5.11 Å². The monoisotopic (exact) mass is 275 g/mol. The zero-order chi connectivity index (χ0) is 14.3. The molecule has 6 nitrogen and oxygen atoms in total. The maximum atomic E-state index is 9.89. The van der Waals surface area contributed by atoms with Crippen molar-refractivity contribution in [2.45, 2.75) is 57.6 Å². The lowest BCUT2D eigenvalue weighted by Crippen LogP contribution is -2.28. The summed E-state index contributed by atoms with van der Waals surface area (Å²) in [6, 6.07) is 3.88. The van der Waals surface area contributed by atoms with Crippen LogP contribution < -0.4 is 5.32 Å². The van der Waals surface area contributed by atoms with E-state index in [0.717, 1.165) is 36.6 Å². The summed E-state index contributed by atoms with van der Waals surface area (Å²) in [4.78, 5) is 0. The number of hydrogen-bond donors (Lipinski definition) is 2. The third-order valence-electron chi connectivity index (χ3n) is 3.75. The topological polar surface area (TPSA) is 75.3 Å². The van der Waals surface area contributed by atoms with Gasteiger partial charge in [0.1, 0.15) is 5.82 Å². The largest absolute Gasteiger partial charge is 0.391 e. The number of aliphatic hydroxyl groups excluding tert-OH is 1. The van der Waals surface area contributed by atoms with Crippen molar-refractivity contribution < 1.29 is 5.11 Å².